The minimum Gasteiger partial charge on any atom is -0.480 e. The highest BCUT2D eigenvalue weighted by Crippen LogP contribution is 2.30. The molecule has 0 atom stereocenters. The first-order chi connectivity index (χ1) is 9.06. The molecule has 1 heterocycles. The van der Waals surface area contributed by atoms with Crippen molar-refractivity contribution in [2.75, 3.05) is 6.61 Å². The van der Waals surface area contributed by atoms with Gasteiger partial charge < -0.3 is 14.3 Å². The third-order valence-corrected chi connectivity index (χ3v) is 3.26. The van der Waals surface area contributed by atoms with Gasteiger partial charge in [-0.1, -0.05) is 15.9 Å². The first kappa shape index (κ1) is 14.2. The summed E-state index contributed by atoms with van der Waals surface area (Å²) in [6.45, 7) is -0.441. The topological polar surface area (TPSA) is 85.5 Å². The maximum absolute atomic E-state index is 10.3. The number of halogens is 2. The minimum atomic E-state index is -1.05. The molecule has 2 rings (SSSR count). The van der Waals surface area contributed by atoms with Crippen LogP contribution in [0, 0.1) is 0 Å². The fourth-order valence-electron chi connectivity index (χ4n) is 1.31. The lowest BCUT2D eigenvalue weighted by Gasteiger charge is -1.99. The van der Waals surface area contributed by atoms with Gasteiger partial charge in [-0.05, 0) is 34.1 Å². The van der Waals surface area contributed by atoms with Gasteiger partial charge in [0.1, 0.15) is 13.2 Å². The molecule has 0 aliphatic rings. The second-order valence-corrected chi connectivity index (χ2v) is 5.28. The molecule has 0 amide bonds. The molecule has 0 saturated heterocycles. The number of carboxylic acids is 1. The van der Waals surface area contributed by atoms with Crippen LogP contribution in [0.25, 0.3) is 11.5 Å². The van der Waals surface area contributed by atoms with E-state index in [-0.39, 0.29) is 12.5 Å². The van der Waals surface area contributed by atoms with E-state index in [4.69, 9.17) is 14.3 Å². The lowest BCUT2D eigenvalue weighted by Crippen LogP contribution is -2.06. The monoisotopic (exact) mass is 390 g/mol. The van der Waals surface area contributed by atoms with Gasteiger partial charge in [-0.25, -0.2) is 4.79 Å². The molecule has 0 bridgehead atoms. The first-order valence-corrected chi connectivity index (χ1v) is 6.72. The van der Waals surface area contributed by atoms with Crippen LogP contribution in [0.1, 0.15) is 5.89 Å². The zero-order chi connectivity index (χ0) is 13.8. The molecule has 1 aromatic carbocycles. The molecule has 0 spiro atoms. The Morgan fingerprint density at radius 3 is 2.89 bits per heavy atom. The van der Waals surface area contributed by atoms with Crippen LogP contribution in [-0.2, 0) is 16.1 Å². The number of rotatable bonds is 5. The lowest BCUT2D eigenvalue weighted by atomic mass is 10.2. The molecule has 0 radical (unpaired) electrons. The van der Waals surface area contributed by atoms with Crippen LogP contribution in [0.4, 0.5) is 0 Å². The van der Waals surface area contributed by atoms with E-state index in [2.05, 4.69) is 42.1 Å². The number of aromatic nitrogens is 2. The van der Waals surface area contributed by atoms with Crippen molar-refractivity contribution in [1.82, 2.24) is 10.2 Å². The molecule has 100 valence electrons. The molecule has 19 heavy (non-hydrogen) atoms. The van der Waals surface area contributed by atoms with Crippen molar-refractivity contribution in [2.24, 2.45) is 0 Å². The smallest absolute Gasteiger partial charge is 0.329 e. The Bertz CT molecular complexity index is 600. The molecule has 6 nitrogen and oxygen atoms in total. The van der Waals surface area contributed by atoms with Gasteiger partial charge in [-0.2, -0.15) is 0 Å². The summed E-state index contributed by atoms with van der Waals surface area (Å²) < 4.78 is 12.0. The van der Waals surface area contributed by atoms with Crippen molar-refractivity contribution in [2.45, 2.75) is 6.61 Å². The maximum Gasteiger partial charge on any atom is 0.329 e. The number of carbonyl (C=O) groups is 1. The Morgan fingerprint density at radius 2 is 2.16 bits per heavy atom. The van der Waals surface area contributed by atoms with E-state index in [1.165, 1.54) is 0 Å². The maximum atomic E-state index is 10.3. The summed E-state index contributed by atoms with van der Waals surface area (Å²) in [5.74, 6) is -0.486. The summed E-state index contributed by atoms with van der Waals surface area (Å²) in [6, 6.07) is 5.56. The SMILES string of the molecule is O=C(O)COCc1nnc(-c2cc(Br)ccc2Br)o1. The molecule has 8 heteroatoms. The summed E-state index contributed by atoms with van der Waals surface area (Å²) in [5.41, 5.74) is 0.742. The number of aliphatic carboxylic acids is 1. The number of nitrogens with zero attached hydrogens (tertiary/aromatic N) is 2. The zero-order valence-corrected chi connectivity index (χ0v) is 12.6. The van der Waals surface area contributed by atoms with Crippen LogP contribution in [0.3, 0.4) is 0 Å². The van der Waals surface area contributed by atoms with Crippen molar-refractivity contribution in [3.05, 3.63) is 33.0 Å². The van der Waals surface area contributed by atoms with Crippen LogP contribution in [0.5, 0.6) is 0 Å². The third-order valence-electron chi connectivity index (χ3n) is 2.08. The van der Waals surface area contributed by atoms with E-state index < -0.39 is 12.6 Å². The minimum absolute atomic E-state index is 0.0368. The molecule has 1 N–H and O–H groups in total. The summed E-state index contributed by atoms with van der Waals surface area (Å²) in [6.07, 6.45) is 0. The van der Waals surface area contributed by atoms with Gasteiger partial charge in [0.2, 0.25) is 11.8 Å². The summed E-state index contributed by atoms with van der Waals surface area (Å²) in [5, 5.41) is 16.1. The average molecular weight is 392 g/mol. The van der Waals surface area contributed by atoms with Crippen molar-refractivity contribution in [3.63, 3.8) is 0 Å². The van der Waals surface area contributed by atoms with Gasteiger partial charge >= 0.3 is 5.97 Å². The average Bonchev–Trinajstić information content (AvgIpc) is 2.80. The van der Waals surface area contributed by atoms with Gasteiger partial charge in [0.25, 0.3) is 0 Å². The van der Waals surface area contributed by atoms with Gasteiger partial charge in [0.05, 0.1) is 5.56 Å². The van der Waals surface area contributed by atoms with E-state index in [1.54, 1.807) is 0 Å². The Balaban J connectivity index is 2.12. The third kappa shape index (κ3) is 3.85. The highest BCUT2D eigenvalue weighted by molar-refractivity contribution is 9.11. The molecular formula is C11H8Br2N2O4. The summed E-state index contributed by atoms with van der Waals surface area (Å²) in [4.78, 5) is 10.3. The Hall–Kier alpha value is -1.25. The first-order valence-electron chi connectivity index (χ1n) is 5.13. The summed E-state index contributed by atoms with van der Waals surface area (Å²) >= 11 is 6.75. The van der Waals surface area contributed by atoms with E-state index >= 15 is 0 Å². The van der Waals surface area contributed by atoms with Crippen molar-refractivity contribution in [1.29, 1.82) is 0 Å². The zero-order valence-electron chi connectivity index (χ0n) is 9.47. The van der Waals surface area contributed by atoms with Gasteiger partial charge in [-0.15, -0.1) is 10.2 Å². The Labute approximate surface area is 125 Å². The molecule has 0 unspecified atom stereocenters. The Kier molecular flexibility index (Phi) is 4.67. The largest absolute Gasteiger partial charge is 0.480 e. The molecule has 2 aromatic rings. The van der Waals surface area contributed by atoms with Gasteiger partial charge in [0.15, 0.2) is 0 Å². The quantitative estimate of drug-likeness (QED) is 0.843. The van der Waals surface area contributed by atoms with E-state index in [9.17, 15) is 4.79 Å². The predicted octanol–water partition coefficient (Wildman–Crippen LogP) is 2.86. The highest BCUT2D eigenvalue weighted by atomic mass is 79.9. The fraction of sp³-hybridized carbons (Fsp3) is 0.182. The number of ether oxygens (including phenoxy) is 1. The van der Waals surface area contributed by atoms with Crippen LogP contribution in [0.2, 0.25) is 0 Å². The Morgan fingerprint density at radius 1 is 1.37 bits per heavy atom. The van der Waals surface area contributed by atoms with Gasteiger partial charge in [0, 0.05) is 8.95 Å². The number of hydrogen-bond donors (Lipinski definition) is 1. The van der Waals surface area contributed by atoms with Crippen LogP contribution >= 0.6 is 31.9 Å². The van der Waals surface area contributed by atoms with E-state index in [0.717, 1.165) is 14.5 Å². The predicted molar refractivity (Wildman–Crippen MR) is 72.4 cm³/mol. The van der Waals surface area contributed by atoms with Crippen molar-refractivity contribution < 1.29 is 19.1 Å². The number of benzene rings is 1. The number of carboxylic acid groups (broad SMARTS) is 1. The van der Waals surface area contributed by atoms with E-state index in [1.807, 2.05) is 18.2 Å². The molecule has 0 saturated carbocycles. The normalized spacial score (nSPS) is 10.6. The lowest BCUT2D eigenvalue weighted by molar-refractivity contribution is -0.142. The molecule has 1 aromatic heterocycles. The second kappa shape index (κ2) is 6.27. The second-order valence-electron chi connectivity index (χ2n) is 3.51. The highest BCUT2D eigenvalue weighted by Gasteiger charge is 2.12. The van der Waals surface area contributed by atoms with Crippen LogP contribution < -0.4 is 0 Å². The van der Waals surface area contributed by atoms with Crippen molar-refractivity contribution >= 4 is 37.8 Å². The standard InChI is InChI=1S/C11H8Br2N2O4/c12-6-1-2-8(13)7(3-6)11-15-14-9(19-11)4-18-5-10(16)17/h1-3H,4-5H2,(H,16,17). The summed E-state index contributed by atoms with van der Waals surface area (Å²) in [7, 11) is 0. The van der Waals surface area contributed by atoms with Crippen LogP contribution in [-0.4, -0.2) is 27.9 Å². The molecule has 0 fully saturated rings. The van der Waals surface area contributed by atoms with Gasteiger partial charge in [-0.3, -0.25) is 0 Å². The van der Waals surface area contributed by atoms with E-state index in [0.29, 0.717) is 5.89 Å². The van der Waals surface area contributed by atoms with Crippen molar-refractivity contribution in [3.8, 4) is 11.5 Å². The van der Waals surface area contributed by atoms with Crippen LogP contribution in [0.15, 0.2) is 31.6 Å². The number of hydrogen-bond acceptors (Lipinski definition) is 5. The molecule has 0 aliphatic carbocycles. The molecule has 0 aliphatic heterocycles. The molecular weight excluding hydrogens is 384 g/mol. The fourth-order valence-corrected chi connectivity index (χ4v) is 2.09.